The first-order valence-corrected chi connectivity index (χ1v) is 14.1. The van der Waals surface area contributed by atoms with E-state index in [1.165, 1.54) is 37.7 Å². The molecule has 7 nitrogen and oxygen atoms in total. The Kier molecular flexibility index (Phi) is 8.13. The van der Waals surface area contributed by atoms with E-state index in [-0.39, 0.29) is 5.41 Å². The second-order valence-corrected chi connectivity index (χ2v) is 11.2. The highest BCUT2D eigenvalue weighted by Crippen LogP contribution is 2.35. The minimum absolute atomic E-state index is 0.0818. The number of anilines is 3. The summed E-state index contributed by atoms with van der Waals surface area (Å²) in [5, 5.41) is 8.07. The highest BCUT2D eigenvalue weighted by atomic mass is 35.5. The van der Waals surface area contributed by atoms with E-state index in [0.29, 0.717) is 23.6 Å². The van der Waals surface area contributed by atoms with Gasteiger partial charge in [0, 0.05) is 61.9 Å². The van der Waals surface area contributed by atoms with E-state index in [9.17, 15) is 0 Å². The molecule has 36 heavy (non-hydrogen) atoms. The Morgan fingerprint density at radius 3 is 2.58 bits per heavy atom. The third-order valence-electron chi connectivity index (χ3n) is 7.93. The normalized spacial score (nSPS) is 21.9. The Morgan fingerprint density at radius 1 is 1.08 bits per heavy atom. The molecule has 0 amide bonds. The van der Waals surface area contributed by atoms with Gasteiger partial charge in [0.05, 0.1) is 0 Å². The molecule has 3 fully saturated rings. The van der Waals surface area contributed by atoms with E-state index in [1.54, 1.807) is 0 Å². The molecule has 0 spiro atoms. The largest absolute Gasteiger partial charge is 0.381 e. The molecule has 0 radical (unpaired) electrons. The fourth-order valence-corrected chi connectivity index (χ4v) is 6.07. The summed E-state index contributed by atoms with van der Waals surface area (Å²) in [6, 6.07) is 10.8. The van der Waals surface area contributed by atoms with Gasteiger partial charge in [0.2, 0.25) is 5.95 Å². The average Bonchev–Trinajstić information content (AvgIpc) is 3.44. The zero-order valence-corrected chi connectivity index (χ0v) is 22.7. The first-order valence-electron chi connectivity index (χ1n) is 13.3. The molecule has 1 aromatic carbocycles. The van der Waals surface area contributed by atoms with Crippen molar-refractivity contribution in [3.05, 3.63) is 40.9 Å². The molecule has 9 heteroatoms. The van der Waals surface area contributed by atoms with Gasteiger partial charge in [0.15, 0.2) is 5.11 Å². The maximum absolute atomic E-state index is 6.34. The number of thiocarbonyl (C=S) groups is 1. The number of hydrogen-bond donors (Lipinski definition) is 2. The standard InChI is InChI=1S/C27H37ClN6OS/c1-20-7-2-3-14-34(20)24-18-23(33-12-4-5-13-33)30-25(31-24)32-26(36)29-19-27(10-15-35-16-11-27)21-8-6-9-22(28)17-21/h6,8-9,17-18,20H,2-5,7,10-16,19H2,1H3,(H2,29,30,31,32,36)/t20-/m0/s1. The van der Waals surface area contributed by atoms with Crippen LogP contribution in [0.25, 0.3) is 0 Å². The molecule has 3 aliphatic heterocycles. The summed E-state index contributed by atoms with van der Waals surface area (Å²) < 4.78 is 5.68. The molecule has 0 aliphatic carbocycles. The number of nitrogens with zero attached hydrogens (tertiary/aromatic N) is 4. The van der Waals surface area contributed by atoms with Crippen molar-refractivity contribution in [2.45, 2.75) is 63.3 Å². The van der Waals surface area contributed by atoms with E-state index in [4.69, 9.17) is 38.5 Å². The summed E-state index contributed by atoms with van der Waals surface area (Å²) in [6.07, 6.45) is 7.92. The third kappa shape index (κ3) is 5.87. The molecule has 0 saturated carbocycles. The van der Waals surface area contributed by atoms with Crippen molar-refractivity contribution in [1.29, 1.82) is 0 Å². The fourth-order valence-electron chi connectivity index (χ4n) is 5.71. The van der Waals surface area contributed by atoms with Crippen LogP contribution in [0.2, 0.25) is 5.02 Å². The summed E-state index contributed by atoms with van der Waals surface area (Å²) in [5.74, 6) is 2.54. The van der Waals surface area contributed by atoms with Crippen molar-refractivity contribution >= 4 is 46.5 Å². The Bertz CT molecular complexity index is 1060. The second kappa shape index (κ2) is 11.5. The lowest BCUT2D eigenvalue weighted by atomic mass is 9.74. The second-order valence-electron chi connectivity index (χ2n) is 10.4. The lowest BCUT2D eigenvalue weighted by Crippen LogP contribution is -2.45. The summed E-state index contributed by atoms with van der Waals surface area (Å²) in [7, 11) is 0. The number of halogens is 1. The Balaban J connectivity index is 1.33. The quantitative estimate of drug-likeness (QED) is 0.499. The van der Waals surface area contributed by atoms with Crippen LogP contribution in [0.4, 0.5) is 17.6 Å². The van der Waals surface area contributed by atoms with Crippen molar-refractivity contribution in [3.63, 3.8) is 0 Å². The first kappa shape index (κ1) is 25.5. The number of aromatic nitrogens is 2. The molecule has 4 heterocycles. The highest BCUT2D eigenvalue weighted by molar-refractivity contribution is 7.80. The van der Waals surface area contributed by atoms with Crippen LogP contribution in [-0.2, 0) is 10.2 Å². The maximum Gasteiger partial charge on any atom is 0.232 e. The number of rotatable bonds is 6. The van der Waals surface area contributed by atoms with Crippen molar-refractivity contribution in [2.24, 2.45) is 0 Å². The van der Waals surface area contributed by atoms with Crippen molar-refractivity contribution in [3.8, 4) is 0 Å². The molecule has 3 aliphatic rings. The average molecular weight is 529 g/mol. The van der Waals surface area contributed by atoms with Crippen LogP contribution in [0.1, 0.15) is 57.4 Å². The SMILES string of the molecule is C[C@H]1CCCCN1c1cc(N2CCCC2)nc(NC(=S)NCC2(c3cccc(Cl)c3)CCOCC2)n1. The van der Waals surface area contributed by atoms with E-state index in [0.717, 1.165) is 62.3 Å². The maximum atomic E-state index is 6.34. The molecule has 2 aromatic rings. The molecule has 0 unspecified atom stereocenters. The number of hydrogen-bond acceptors (Lipinski definition) is 6. The molecule has 1 atom stereocenters. The van der Waals surface area contributed by atoms with Gasteiger partial charge in [-0.3, -0.25) is 0 Å². The lowest BCUT2D eigenvalue weighted by molar-refractivity contribution is 0.0515. The Hall–Kier alpha value is -2.16. The van der Waals surface area contributed by atoms with Crippen LogP contribution in [0, 0.1) is 0 Å². The molecular formula is C27H37ClN6OS. The summed E-state index contributed by atoms with van der Waals surface area (Å²) in [6.45, 7) is 7.56. The zero-order chi connectivity index (χ0) is 25.0. The van der Waals surface area contributed by atoms with Gasteiger partial charge < -0.3 is 25.2 Å². The van der Waals surface area contributed by atoms with Crippen LogP contribution < -0.4 is 20.4 Å². The van der Waals surface area contributed by atoms with Gasteiger partial charge in [0.25, 0.3) is 0 Å². The van der Waals surface area contributed by atoms with Crippen LogP contribution in [0.15, 0.2) is 30.3 Å². The molecule has 194 valence electrons. The Labute approximate surface area is 225 Å². The minimum Gasteiger partial charge on any atom is -0.381 e. The van der Waals surface area contributed by atoms with Crippen LogP contribution in [0.3, 0.4) is 0 Å². The van der Waals surface area contributed by atoms with E-state index < -0.39 is 0 Å². The van der Waals surface area contributed by atoms with Crippen molar-refractivity contribution < 1.29 is 4.74 Å². The fraction of sp³-hybridized carbons (Fsp3) is 0.593. The van der Waals surface area contributed by atoms with E-state index >= 15 is 0 Å². The number of piperidine rings is 1. The van der Waals surface area contributed by atoms with Gasteiger partial charge in [-0.2, -0.15) is 9.97 Å². The van der Waals surface area contributed by atoms with Crippen LogP contribution >= 0.6 is 23.8 Å². The molecule has 5 rings (SSSR count). The smallest absolute Gasteiger partial charge is 0.232 e. The van der Waals surface area contributed by atoms with Gasteiger partial charge in [-0.15, -0.1) is 0 Å². The van der Waals surface area contributed by atoms with Gasteiger partial charge in [-0.05, 0) is 81.8 Å². The predicted molar refractivity (Wildman–Crippen MR) is 152 cm³/mol. The van der Waals surface area contributed by atoms with Gasteiger partial charge in [-0.1, -0.05) is 23.7 Å². The molecule has 3 saturated heterocycles. The zero-order valence-electron chi connectivity index (χ0n) is 21.1. The van der Waals surface area contributed by atoms with E-state index in [2.05, 4.69) is 45.6 Å². The van der Waals surface area contributed by atoms with Gasteiger partial charge >= 0.3 is 0 Å². The van der Waals surface area contributed by atoms with Crippen molar-refractivity contribution in [1.82, 2.24) is 15.3 Å². The molecule has 0 bridgehead atoms. The third-order valence-corrected chi connectivity index (χ3v) is 8.41. The number of benzene rings is 1. The van der Waals surface area contributed by atoms with Gasteiger partial charge in [0.1, 0.15) is 11.6 Å². The minimum atomic E-state index is -0.0818. The molecule has 1 aromatic heterocycles. The first-order chi connectivity index (χ1) is 17.5. The molecular weight excluding hydrogens is 492 g/mol. The lowest BCUT2D eigenvalue weighted by Gasteiger charge is -2.38. The summed E-state index contributed by atoms with van der Waals surface area (Å²) >= 11 is 12.1. The summed E-state index contributed by atoms with van der Waals surface area (Å²) in [5.41, 5.74) is 1.14. The number of nitrogens with one attached hydrogen (secondary N) is 2. The monoisotopic (exact) mass is 528 g/mol. The summed E-state index contributed by atoms with van der Waals surface area (Å²) in [4.78, 5) is 14.6. The van der Waals surface area contributed by atoms with E-state index in [1.807, 2.05) is 12.1 Å². The van der Waals surface area contributed by atoms with Gasteiger partial charge in [-0.25, -0.2) is 0 Å². The van der Waals surface area contributed by atoms with Crippen molar-refractivity contribution in [2.75, 3.05) is 54.5 Å². The topological polar surface area (TPSA) is 65.5 Å². The molecule has 2 N–H and O–H groups in total. The van der Waals surface area contributed by atoms with Crippen LogP contribution in [-0.4, -0.2) is 60.5 Å². The Morgan fingerprint density at radius 2 is 1.83 bits per heavy atom. The number of ether oxygens (including phenoxy) is 1. The highest BCUT2D eigenvalue weighted by Gasteiger charge is 2.35. The predicted octanol–water partition coefficient (Wildman–Crippen LogP) is 5.14. The van der Waals surface area contributed by atoms with Crippen LogP contribution in [0.5, 0.6) is 0 Å².